The van der Waals surface area contributed by atoms with Gasteiger partial charge in [-0.1, -0.05) is 0 Å². The third-order valence-electron chi connectivity index (χ3n) is 1.96. The summed E-state index contributed by atoms with van der Waals surface area (Å²) >= 11 is 3.15. The lowest BCUT2D eigenvalue weighted by molar-refractivity contribution is 0.620. The highest BCUT2D eigenvalue weighted by molar-refractivity contribution is 9.10. The molecule has 0 aliphatic carbocycles. The number of nitrogens with one attached hydrogen (secondary N) is 1. The molecule has 0 aromatic heterocycles. The highest BCUT2D eigenvalue weighted by Gasteiger charge is 2.03. The van der Waals surface area contributed by atoms with Crippen LogP contribution >= 0.6 is 15.9 Å². The normalized spacial score (nSPS) is 10.3. The molecule has 0 amide bonds. The first kappa shape index (κ1) is 11.5. The second kappa shape index (κ2) is 5.32. The van der Waals surface area contributed by atoms with Crippen LogP contribution in [-0.2, 0) is 0 Å². The predicted octanol–water partition coefficient (Wildman–Crippen LogP) is 2.66. The number of rotatable bonds is 4. The van der Waals surface area contributed by atoms with Gasteiger partial charge in [0.25, 0.3) is 0 Å². The molecule has 3 N–H and O–H groups in total. The van der Waals surface area contributed by atoms with E-state index in [9.17, 15) is 4.39 Å². The lowest BCUT2D eigenvalue weighted by Crippen LogP contribution is -2.09. The van der Waals surface area contributed by atoms with E-state index in [-0.39, 0.29) is 5.82 Å². The molecule has 2 nitrogen and oxygen atoms in total. The van der Waals surface area contributed by atoms with Crippen molar-refractivity contribution in [3.05, 3.63) is 28.0 Å². The van der Waals surface area contributed by atoms with Crippen LogP contribution in [0.3, 0.4) is 0 Å². The number of hydrogen-bond acceptors (Lipinski definition) is 2. The van der Waals surface area contributed by atoms with Crippen LogP contribution in [0.2, 0.25) is 0 Å². The Kier molecular flexibility index (Phi) is 4.35. The summed E-state index contributed by atoms with van der Waals surface area (Å²) in [6.07, 6.45) is 0.911. The van der Waals surface area contributed by atoms with E-state index in [1.807, 2.05) is 6.92 Å². The minimum atomic E-state index is -0.230. The Labute approximate surface area is 91.8 Å². The van der Waals surface area contributed by atoms with Crippen LogP contribution in [0.15, 0.2) is 16.6 Å². The molecule has 4 heteroatoms. The summed E-state index contributed by atoms with van der Waals surface area (Å²) in [7, 11) is 0. The third kappa shape index (κ3) is 2.96. The van der Waals surface area contributed by atoms with Gasteiger partial charge < -0.3 is 11.1 Å². The van der Waals surface area contributed by atoms with Crippen LogP contribution in [0, 0.1) is 12.7 Å². The van der Waals surface area contributed by atoms with Crippen molar-refractivity contribution in [3.63, 3.8) is 0 Å². The fourth-order valence-electron chi connectivity index (χ4n) is 1.16. The fraction of sp³-hybridized carbons (Fsp3) is 0.400. The van der Waals surface area contributed by atoms with E-state index in [2.05, 4.69) is 21.2 Å². The molecule has 0 radical (unpaired) electrons. The number of nitrogens with two attached hydrogens (primary N) is 1. The molecular formula is C10H14BrFN2. The molecule has 0 aliphatic rings. The van der Waals surface area contributed by atoms with Gasteiger partial charge in [-0.15, -0.1) is 0 Å². The maximum absolute atomic E-state index is 13.1. The quantitative estimate of drug-likeness (QED) is 0.818. The maximum Gasteiger partial charge on any atom is 0.137 e. The molecule has 0 aliphatic heterocycles. The summed E-state index contributed by atoms with van der Waals surface area (Å²) in [6.45, 7) is 3.35. The molecule has 0 fully saturated rings. The van der Waals surface area contributed by atoms with Gasteiger partial charge in [0.2, 0.25) is 0 Å². The smallest absolute Gasteiger partial charge is 0.137 e. The van der Waals surface area contributed by atoms with Gasteiger partial charge in [0.05, 0.1) is 4.47 Å². The minimum absolute atomic E-state index is 0.230. The molecule has 0 unspecified atom stereocenters. The predicted molar refractivity (Wildman–Crippen MR) is 61.0 cm³/mol. The van der Waals surface area contributed by atoms with E-state index in [1.165, 1.54) is 6.07 Å². The monoisotopic (exact) mass is 260 g/mol. The van der Waals surface area contributed by atoms with E-state index in [0.717, 1.165) is 24.2 Å². The van der Waals surface area contributed by atoms with Gasteiger partial charge in [0.1, 0.15) is 5.82 Å². The zero-order valence-corrected chi connectivity index (χ0v) is 9.70. The van der Waals surface area contributed by atoms with Gasteiger partial charge in [-0.25, -0.2) is 4.39 Å². The zero-order chi connectivity index (χ0) is 10.6. The fourth-order valence-corrected chi connectivity index (χ4v) is 1.51. The van der Waals surface area contributed by atoms with E-state index in [4.69, 9.17) is 5.73 Å². The van der Waals surface area contributed by atoms with Crippen LogP contribution in [0.1, 0.15) is 12.0 Å². The third-order valence-corrected chi connectivity index (χ3v) is 2.57. The Hall–Kier alpha value is -0.610. The van der Waals surface area contributed by atoms with E-state index >= 15 is 0 Å². The SMILES string of the molecule is Cc1cc(F)c(Br)cc1NCCCN. The van der Waals surface area contributed by atoms with Crippen molar-refractivity contribution in [2.24, 2.45) is 5.73 Å². The Morgan fingerprint density at radius 3 is 2.86 bits per heavy atom. The lowest BCUT2D eigenvalue weighted by Gasteiger charge is -2.09. The van der Waals surface area contributed by atoms with Crippen LogP contribution in [0.4, 0.5) is 10.1 Å². The Bertz CT molecular complexity index is 315. The molecule has 0 spiro atoms. The van der Waals surface area contributed by atoms with Crippen molar-refractivity contribution >= 4 is 21.6 Å². The standard InChI is InChI=1S/C10H14BrFN2/c1-7-5-9(12)8(11)6-10(7)14-4-2-3-13/h5-6,14H,2-4,13H2,1H3. The maximum atomic E-state index is 13.1. The topological polar surface area (TPSA) is 38.0 Å². The van der Waals surface area contributed by atoms with Gasteiger partial charge >= 0.3 is 0 Å². The second-order valence-corrected chi connectivity index (χ2v) is 4.00. The molecule has 0 saturated carbocycles. The first-order valence-corrected chi connectivity index (χ1v) is 5.34. The first-order chi connectivity index (χ1) is 6.65. The molecule has 1 aromatic carbocycles. The van der Waals surface area contributed by atoms with E-state index in [1.54, 1.807) is 6.07 Å². The Balaban J connectivity index is 2.72. The van der Waals surface area contributed by atoms with Crippen LogP contribution in [0.5, 0.6) is 0 Å². The summed E-state index contributed by atoms with van der Waals surface area (Å²) in [6, 6.07) is 3.26. The number of anilines is 1. The molecule has 0 bridgehead atoms. The van der Waals surface area contributed by atoms with Crippen molar-refractivity contribution in [2.75, 3.05) is 18.4 Å². The van der Waals surface area contributed by atoms with Crippen LogP contribution in [0.25, 0.3) is 0 Å². The van der Waals surface area contributed by atoms with Crippen molar-refractivity contribution in [1.82, 2.24) is 0 Å². The molecule has 0 saturated heterocycles. The average molecular weight is 261 g/mol. The average Bonchev–Trinajstić information content (AvgIpc) is 2.14. The van der Waals surface area contributed by atoms with E-state index in [0.29, 0.717) is 11.0 Å². The summed E-state index contributed by atoms with van der Waals surface area (Å²) in [4.78, 5) is 0. The molecule has 1 rings (SSSR count). The lowest BCUT2D eigenvalue weighted by atomic mass is 10.2. The van der Waals surface area contributed by atoms with Gasteiger partial charge in [0, 0.05) is 12.2 Å². The van der Waals surface area contributed by atoms with Gasteiger partial charge in [-0.2, -0.15) is 0 Å². The summed E-state index contributed by atoms with van der Waals surface area (Å²) in [5, 5.41) is 3.21. The van der Waals surface area contributed by atoms with Crippen molar-refractivity contribution < 1.29 is 4.39 Å². The van der Waals surface area contributed by atoms with Crippen LogP contribution < -0.4 is 11.1 Å². The Morgan fingerprint density at radius 2 is 2.21 bits per heavy atom. The molecule has 1 aromatic rings. The number of hydrogen-bond donors (Lipinski definition) is 2. The zero-order valence-electron chi connectivity index (χ0n) is 8.11. The largest absolute Gasteiger partial charge is 0.385 e. The molecule has 0 atom stereocenters. The summed E-state index contributed by atoms with van der Waals surface area (Å²) in [5.41, 5.74) is 7.23. The summed E-state index contributed by atoms with van der Waals surface area (Å²) in [5.74, 6) is -0.230. The van der Waals surface area contributed by atoms with Crippen molar-refractivity contribution in [3.8, 4) is 0 Å². The number of halogens is 2. The van der Waals surface area contributed by atoms with E-state index < -0.39 is 0 Å². The minimum Gasteiger partial charge on any atom is -0.385 e. The molecule has 0 heterocycles. The highest BCUT2D eigenvalue weighted by Crippen LogP contribution is 2.23. The second-order valence-electron chi connectivity index (χ2n) is 3.15. The van der Waals surface area contributed by atoms with Crippen LogP contribution in [-0.4, -0.2) is 13.1 Å². The van der Waals surface area contributed by atoms with Gasteiger partial charge in [-0.3, -0.25) is 0 Å². The molecule has 14 heavy (non-hydrogen) atoms. The summed E-state index contributed by atoms with van der Waals surface area (Å²) < 4.78 is 13.5. The first-order valence-electron chi connectivity index (χ1n) is 4.54. The van der Waals surface area contributed by atoms with Gasteiger partial charge in [0.15, 0.2) is 0 Å². The number of aryl methyl sites for hydroxylation is 1. The number of benzene rings is 1. The molecular weight excluding hydrogens is 247 g/mol. The van der Waals surface area contributed by atoms with Crippen molar-refractivity contribution in [2.45, 2.75) is 13.3 Å². The van der Waals surface area contributed by atoms with Gasteiger partial charge in [-0.05, 0) is 53.5 Å². The molecule has 78 valence electrons. The Morgan fingerprint density at radius 1 is 1.50 bits per heavy atom. The van der Waals surface area contributed by atoms with Crippen molar-refractivity contribution in [1.29, 1.82) is 0 Å². The highest BCUT2D eigenvalue weighted by atomic mass is 79.9.